The molecule has 0 aliphatic heterocycles. The molecule has 192 valence electrons. The van der Waals surface area contributed by atoms with E-state index in [1.54, 1.807) is 0 Å². The van der Waals surface area contributed by atoms with Crippen LogP contribution in [0.4, 0.5) is 0 Å². The van der Waals surface area contributed by atoms with Crippen molar-refractivity contribution < 1.29 is 0 Å². The minimum absolute atomic E-state index is 0.601. The number of hydrogen-bond acceptors (Lipinski definition) is 3. The maximum atomic E-state index is 5.06. The summed E-state index contributed by atoms with van der Waals surface area (Å²) in [7, 11) is 0. The molecule has 2 aromatic heterocycles. The molecule has 0 aliphatic carbocycles. The van der Waals surface area contributed by atoms with Gasteiger partial charge in [0, 0.05) is 21.9 Å². The molecule has 0 fully saturated rings. The van der Waals surface area contributed by atoms with E-state index < -0.39 is 0 Å². The van der Waals surface area contributed by atoms with Gasteiger partial charge in [0.2, 0.25) is 5.95 Å². The van der Waals surface area contributed by atoms with Gasteiger partial charge < -0.3 is 0 Å². The summed E-state index contributed by atoms with van der Waals surface area (Å²) in [6.45, 7) is 0. The molecule has 0 aliphatic rings. The Hall–Kier alpha value is -5.61. The lowest BCUT2D eigenvalue weighted by molar-refractivity contribution is 0.953. The lowest BCUT2D eigenvalue weighted by Gasteiger charge is -2.11. The number of nitrogens with zero attached hydrogens (tertiary/aromatic N) is 4. The van der Waals surface area contributed by atoms with Crippen LogP contribution in [0.1, 0.15) is 0 Å². The second-order valence-corrected chi connectivity index (χ2v) is 10.1. The first-order valence-electron chi connectivity index (χ1n) is 13.7. The van der Waals surface area contributed by atoms with Gasteiger partial charge in [0.25, 0.3) is 0 Å². The summed E-state index contributed by atoms with van der Waals surface area (Å²) in [4.78, 5) is 15.0. The highest BCUT2D eigenvalue weighted by atomic mass is 15.2. The van der Waals surface area contributed by atoms with Crippen LogP contribution in [0.5, 0.6) is 0 Å². The Bertz CT molecular complexity index is 2140. The normalized spacial score (nSPS) is 11.4. The molecule has 8 aromatic rings. The summed E-state index contributed by atoms with van der Waals surface area (Å²) in [5.74, 6) is 1.88. The lowest BCUT2D eigenvalue weighted by Crippen LogP contribution is -2.06. The zero-order valence-electron chi connectivity index (χ0n) is 22.1. The molecule has 0 spiro atoms. The summed E-state index contributed by atoms with van der Waals surface area (Å²) in [6, 6.07) is 50.4. The minimum atomic E-state index is 0.601. The highest BCUT2D eigenvalue weighted by Crippen LogP contribution is 2.33. The number of hydrogen-bond donors (Lipinski definition) is 0. The fourth-order valence-electron chi connectivity index (χ4n) is 5.72. The molecule has 4 heteroatoms. The van der Waals surface area contributed by atoms with Crippen LogP contribution in [0.2, 0.25) is 0 Å². The summed E-state index contributed by atoms with van der Waals surface area (Å²) in [5, 5.41) is 4.81. The second-order valence-electron chi connectivity index (χ2n) is 10.1. The Morgan fingerprint density at radius 3 is 1.56 bits per heavy atom. The monoisotopic (exact) mass is 524 g/mol. The quantitative estimate of drug-likeness (QED) is 0.231. The molecule has 6 aromatic carbocycles. The van der Waals surface area contributed by atoms with E-state index in [1.165, 1.54) is 27.1 Å². The van der Waals surface area contributed by atoms with Crippen LogP contribution >= 0.6 is 0 Å². The number of fused-ring (bicyclic) bond motifs is 4. The van der Waals surface area contributed by atoms with E-state index in [0.29, 0.717) is 17.6 Å². The molecule has 0 atom stereocenters. The van der Waals surface area contributed by atoms with Crippen molar-refractivity contribution in [2.24, 2.45) is 0 Å². The molecule has 0 unspecified atom stereocenters. The number of rotatable bonds is 4. The maximum absolute atomic E-state index is 5.06. The van der Waals surface area contributed by atoms with Crippen molar-refractivity contribution in [2.75, 3.05) is 0 Å². The fourth-order valence-corrected chi connectivity index (χ4v) is 5.72. The average molecular weight is 525 g/mol. The van der Waals surface area contributed by atoms with Crippen molar-refractivity contribution >= 4 is 32.6 Å². The summed E-state index contributed by atoms with van der Waals surface area (Å²) in [6.07, 6.45) is 0. The second kappa shape index (κ2) is 9.54. The molecule has 0 saturated heterocycles. The Balaban J connectivity index is 1.32. The molecule has 0 amide bonds. The molecule has 0 saturated carbocycles. The third-order valence-corrected chi connectivity index (χ3v) is 7.68. The van der Waals surface area contributed by atoms with Crippen molar-refractivity contribution in [3.8, 4) is 39.9 Å². The van der Waals surface area contributed by atoms with Crippen molar-refractivity contribution in [3.05, 3.63) is 146 Å². The highest BCUT2D eigenvalue weighted by molar-refractivity contribution is 6.09. The number of para-hydroxylation sites is 2. The van der Waals surface area contributed by atoms with Gasteiger partial charge in [-0.15, -0.1) is 0 Å². The molecule has 8 rings (SSSR count). The molecular weight excluding hydrogens is 500 g/mol. The maximum Gasteiger partial charge on any atom is 0.238 e. The highest BCUT2D eigenvalue weighted by Gasteiger charge is 2.17. The van der Waals surface area contributed by atoms with Crippen molar-refractivity contribution in [2.45, 2.75) is 0 Å². The van der Waals surface area contributed by atoms with Gasteiger partial charge in [-0.3, -0.25) is 4.57 Å². The van der Waals surface area contributed by atoms with Crippen LogP contribution in [0, 0.1) is 0 Å². The largest absolute Gasteiger partial charge is 0.278 e. The first-order chi connectivity index (χ1) is 20.3. The van der Waals surface area contributed by atoms with Crippen LogP contribution < -0.4 is 0 Å². The van der Waals surface area contributed by atoms with Crippen molar-refractivity contribution in [1.29, 1.82) is 0 Å². The first-order valence-corrected chi connectivity index (χ1v) is 13.7. The van der Waals surface area contributed by atoms with Gasteiger partial charge >= 0.3 is 0 Å². The van der Waals surface area contributed by atoms with Crippen molar-refractivity contribution in [1.82, 2.24) is 19.5 Å². The van der Waals surface area contributed by atoms with E-state index in [-0.39, 0.29) is 0 Å². The zero-order chi connectivity index (χ0) is 27.2. The van der Waals surface area contributed by atoms with E-state index >= 15 is 0 Å². The van der Waals surface area contributed by atoms with Crippen LogP contribution in [0.25, 0.3) is 72.4 Å². The fraction of sp³-hybridized carbons (Fsp3) is 0. The minimum Gasteiger partial charge on any atom is -0.278 e. The van der Waals surface area contributed by atoms with Crippen LogP contribution in [0.15, 0.2) is 146 Å². The Morgan fingerprint density at radius 1 is 0.366 bits per heavy atom. The third kappa shape index (κ3) is 3.97. The molecule has 0 bridgehead atoms. The van der Waals surface area contributed by atoms with E-state index in [0.717, 1.165) is 27.7 Å². The molecule has 41 heavy (non-hydrogen) atoms. The van der Waals surface area contributed by atoms with E-state index in [9.17, 15) is 0 Å². The van der Waals surface area contributed by atoms with E-state index in [2.05, 4.69) is 120 Å². The van der Waals surface area contributed by atoms with E-state index in [4.69, 9.17) is 15.0 Å². The Labute approximate surface area is 237 Å². The van der Waals surface area contributed by atoms with Crippen LogP contribution in [-0.4, -0.2) is 19.5 Å². The van der Waals surface area contributed by atoms with Gasteiger partial charge in [0.1, 0.15) is 0 Å². The number of aromatic nitrogens is 4. The topological polar surface area (TPSA) is 43.6 Å². The standard InChI is InChI=1S/C37H24N4/c1-2-12-27(13-3-1)35-38-36(28-23-21-26(22-24-28)30-18-10-14-25-11-4-5-15-29(25)30)40-37(39-35)41-33-19-8-6-16-31(33)32-17-7-9-20-34(32)41/h1-24H. The predicted octanol–water partition coefficient (Wildman–Crippen LogP) is 9.12. The molecule has 4 nitrogen and oxygen atoms in total. The Kier molecular flexibility index (Phi) is 5.42. The van der Waals surface area contributed by atoms with Gasteiger partial charge in [-0.25, -0.2) is 4.98 Å². The molecule has 0 radical (unpaired) electrons. The zero-order valence-corrected chi connectivity index (χ0v) is 22.1. The first kappa shape index (κ1) is 23.3. The predicted molar refractivity (Wildman–Crippen MR) is 168 cm³/mol. The average Bonchev–Trinajstić information content (AvgIpc) is 3.39. The van der Waals surface area contributed by atoms with Gasteiger partial charge in [-0.2, -0.15) is 9.97 Å². The van der Waals surface area contributed by atoms with Gasteiger partial charge in [0.05, 0.1) is 11.0 Å². The Morgan fingerprint density at radius 2 is 0.878 bits per heavy atom. The summed E-state index contributed by atoms with van der Waals surface area (Å²) >= 11 is 0. The summed E-state index contributed by atoms with van der Waals surface area (Å²) in [5.41, 5.74) is 6.39. The number of benzene rings is 6. The summed E-state index contributed by atoms with van der Waals surface area (Å²) < 4.78 is 2.15. The van der Waals surface area contributed by atoms with Gasteiger partial charge in [-0.05, 0) is 34.0 Å². The van der Waals surface area contributed by atoms with Crippen LogP contribution in [-0.2, 0) is 0 Å². The molecule has 2 heterocycles. The molecule has 0 N–H and O–H groups in total. The molecular formula is C37H24N4. The third-order valence-electron chi connectivity index (χ3n) is 7.68. The van der Waals surface area contributed by atoms with Gasteiger partial charge in [-0.1, -0.05) is 133 Å². The van der Waals surface area contributed by atoms with E-state index in [1.807, 2.05) is 30.3 Å². The lowest BCUT2D eigenvalue weighted by atomic mass is 9.97. The SMILES string of the molecule is c1ccc(-c2nc(-c3ccc(-c4cccc5ccccc45)cc3)nc(-n3c4ccccc4c4ccccc43)n2)cc1. The van der Waals surface area contributed by atoms with Crippen molar-refractivity contribution in [3.63, 3.8) is 0 Å². The smallest absolute Gasteiger partial charge is 0.238 e. The van der Waals surface area contributed by atoms with Crippen LogP contribution in [0.3, 0.4) is 0 Å². The van der Waals surface area contributed by atoms with Gasteiger partial charge in [0.15, 0.2) is 11.6 Å².